The minimum Gasteiger partial charge on any atom is -0.492 e. The number of hydrogen-bond donors (Lipinski definition) is 0. The van der Waals surface area contributed by atoms with Gasteiger partial charge in [0, 0.05) is 17.3 Å². The van der Waals surface area contributed by atoms with Gasteiger partial charge >= 0.3 is 0 Å². The van der Waals surface area contributed by atoms with Gasteiger partial charge in [-0.2, -0.15) is 0 Å². The highest BCUT2D eigenvalue weighted by Gasteiger charge is 2.01. The van der Waals surface area contributed by atoms with E-state index in [1.54, 1.807) is 23.1 Å². The highest BCUT2D eigenvalue weighted by Crippen LogP contribution is 2.22. The first-order valence-corrected chi connectivity index (χ1v) is 7.34. The number of ether oxygens (including phenoxy) is 1. The zero-order valence-electron chi connectivity index (χ0n) is 9.97. The van der Waals surface area contributed by atoms with Gasteiger partial charge in [0.25, 0.3) is 0 Å². The monoisotopic (exact) mass is 265 g/mol. The van der Waals surface area contributed by atoms with Crippen molar-refractivity contribution in [3.05, 3.63) is 40.9 Å². The molecule has 0 fully saturated rings. The highest BCUT2D eigenvalue weighted by molar-refractivity contribution is 8.01. The first-order valence-electron chi connectivity index (χ1n) is 5.48. The van der Waals surface area contributed by atoms with E-state index in [0.717, 1.165) is 15.8 Å². The van der Waals surface area contributed by atoms with Gasteiger partial charge in [0.15, 0.2) is 0 Å². The quantitative estimate of drug-likeness (QED) is 0.604. The Balaban J connectivity index is 1.80. The summed E-state index contributed by atoms with van der Waals surface area (Å²) in [5, 5.41) is 1.99. The van der Waals surface area contributed by atoms with Crippen LogP contribution >= 0.6 is 23.1 Å². The molecule has 2 aromatic rings. The minimum absolute atomic E-state index is 0.717. The average Bonchev–Trinajstić information content (AvgIpc) is 2.82. The number of aryl methyl sites for hydroxylation is 2. The molecule has 0 unspecified atom stereocenters. The lowest BCUT2D eigenvalue weighted by Crippen LogP contribution is -2.01. The van der Waals surface area contributed by atoms with Crippen LogP contribution < -0.4 is 4.74 Å². The molecule has 2 nitrogen and oxygen atoms in total. The summed E-state index contributed by atoms with van der Waals surface area (Å²) in [6, 6.07) is 6.29. The Bertz CT molecular complexity index is 468. The Morgan fingerprint density at radius 1 is 1.35 bits per heavy atom. The second kappa shape index (κ2) is 6.07. The molecule has 0 aliphatic carbocycles. The van der Waals surface area contributed by atoms with E-state index < -0.39 is 0 Å². The van der Waals surface area contributed by atoms with Crippen LogP contribution in [0.15, 0.2) is 34.1 Å². The first-order chi connectivity index (χ1) is 8.25. The molecule has 0 bridgehead atoms. The van der Waals surface area contributed by atoms with Crippen molar-refractivity contribution in [1.29, 1.82) is 0 Å². The van der Waals surface area contributed by atoms with Crippen molar-refractivity contribution in [3.8, 4) is 5.75 Å². The molecule has 0 radical (unpaired) electrons. The largest absolute Gasteiger partial charge is 0.492 e. The fourth-order valence-electron chi connectivity index (χ4n) is 1.43. The molecule has 0 aliphatic rings. The van der Waals surface area contributed by atoms with E-state index in [4.69, 9.17) is 4.74 Å². The number of rotatable bonds is 5. The van der Waals surface area contributed by atoms with Crippen LogP contribution in [0.25, 0.3) is 0 Å². The van der Waals surface area contributed by atoms with Crippen LogP contribution in [-0.4, -0.2) is 17.3 Å². The standard InChI is InChI=1S/C13H15NOS2/c1-10-3-4-11(2)12(9-10)15-6-8-17-13-14-5-7-16-13/h3-5,7,9H,6,8H2,1-2H3. The summed E-state index contributed by atoms with van der Waals surface area (Å²) in [7, 11) is 0. The summed E-state index contributed by atoms with van der Waals surface area (Å²) < 4.78 is 6.88. The number of benzene rings is 1. The summed E-state index contributed by atoms with van der Waals surface area (Å²) in [6.07, 6.45) is 1.83. The molecule has 0 saturated heterocycles. The third-order valence-corrected chi connectivity index (χ3v) is 4.25. The molecule has 4 heteroatoms. The van der Waals surface area contributed by atoms with Crippen molar-refractivity contribution in [2.45, 2.75) is 18.2 Å². The number of hydrogen-bond acceptors (Lipinski definition) is 4. The maximum absolute atomic E-state index is 5.77. The fourth-order valence-corrected chi connectivity index (χ4v) is 2.95. The average molecular weight is 265 g/mol. The Morgan fingerprint density at radius 2 is 2.24 bits per heavy atom. The van der Waals surface area contributed by atoms with E-state index in [0.29, 0.717) is 6.61 Å². The van der Waals surface area contributed by atoms with Gasteiger partial charge in [-0.15, -0.1) is 11.3 Å². The van der Waals surface area contributed by atoms with E-state index >= 15 is 0 Å². The van der Waals surface area contributed by atoms with Gasteiger partial charge in [-0.3, -0.25) is 0 Å². The number of thioether (sulfide) groups is 1. The van der Waals surface area contributed by atoms with Crippen LogP contribution in [-0.2, 0) is 0 Å². The van der Waals surface area contributed by atoms with E-state index in [1.807, 2.05) is 11.6 Å². The van der Waals surface area contributed by atoms with E-state index in [9.17, 15) is 0 Å². The van der Waals surface area contributed by atoms with Crippen LogP contribution in [0.1, 0.15) is 11.1 Å². The summed E-state index contributed by atoms with van der Waals surface area (Å²) in [5.41, 5.74) is 2.42. The van der Waals surface area contributed by atoms with Crippen molar-refractivity contribution < 1.29 is 4.74 Å². The summed E-state index contributed by atoms with van der Waals surface area (Å²) in [5.74, 6) is 1.92. The number of aromatic nitrogens is 1. The van der Waals surface area contributed by atoms with E-state index in [-0.39, 0.29) is 0 Å². The van der Waals surface area contributed by atoms with Gasteiger partial charge in [0.05, 0.1) is 6.61 Å². The molecule has 1 aromatic heterocycles. The smallest absolute Gasteiger partial charge is 0.149 e. The SMILES string of the molecule is Cc1ccc(C)c(OCCSc2nccs2)c1. The maximum Gasteiger partial charge on any atom is 0.149 e. The van der Waals surface area contributed by atoms with E-state index in [1.165, 1.54) is 11.1 Å². The fraction of sp³-hybridized carbons (Fsp3) is 0.308. The van der Waals surface area contributed by atoms with Crippen LogP contribution in [0.2, 0.25) is 0 Å². The highest BCUT2D eigenvalue weighted by atomic mass is 32.2. The Hall–Kier alpha value is -1.00. The topological polar surface area (TPSA) is 22.1 Å². The second-order valence-electron chi connectivity index (χ2n) is 3.76. The molecule has 1 heterocycles. The van der Waals surface area contributed by atoms with Crippen molar-refractivity contribution in [3.63, 3.8) is 0 Å². The van der Waals surface area contributed by atoms with Gasteiger partial charge in [0.1, 0.15) is 10.1 Å². The lowest BCUT2D eigenvalue weighted by atomic mass is 10.1. The van der Waals surface area contributed by atoms with Crippen molar-refractivity contribution in [1.82, 2.24) is 4.98 Å². The molecule has 0 saturated carbocycles. The van der Waals surface area contributed by atoms with Crippen molar-refractivity contribution in [2.75, 3.05) is 12.4 Å². The first kappa shape index (κ1) is 12.5. The predicted octanol–water partition coefficient (Wildman–Crippen LogP) is 3.93. The molecule has 2 rings (SSSR count). The Kier molecular flexibility index (Phi) is 4.45. The van der Waals surface area contributed by atoms with Crippen LogP contribution in [0.5, 0.6) is 5.75 Å². The lowest BCUT2D eigenvalue weighted by Gasteiger charge is -2.09. The third kappa shape index (κ3) is 3.75. The number of thiazole rings is 1. The Labute approximate surface area is 110 Å². The number of nitrogens with zero attached hydrogens (tertiary/aromatic N) is 1. The lowest BCUT2D eigenvalue weighted by molar-refractivity contribution is 0.341. The van der Waals surface area contributed by atoms with Gasteiger partial charge in [-0.1, -0.05) is 23.9 Å². The van der Waals surface area contributed by atoms with Gasteiger partial charge < -0.3 is 4.74 Å². The van der Waals surface area contributed by atoms with E-state index in [2.05, 4.69) is 37.0 Å². The molecule has 90 valence electrons. The predicted molar refractivity (Wildman–Crippen MR) is 74.2 cm³/mol. The third-order valence-electron chi connectivity index (χ3n) is 2.32. The van der Waals surface area contributed by atoms with Gasteiger partial charge in [-0.05, 0) is 31.0 Å². The molecule has 0 spiro atoms. The molecule has 0 atom stereocenters. The zero-order chi connectivity index (χ0) is 12.1. The minimum atomic E-state index is 0.717. The van der Waals surface area contributed by atoms with Crippen LogP contribution in [0, 0.1) is 13.8 Å². The second-order valence-corrected chi connectivity index (χ2v) is 6.00. The molecule has 0 N–H and O–H groups in total. The molecule has 1 aromatic carbocycles. The molecule has 0 amide bonds. The molecular formula is C13H15NOS2. The summed E-state index contributed by atoms with van der Waals surface area (Å²) in [6.45, 7) is 4.87. The van der Waals surface area contributed by atoms with Crippen molar-refractivity contribution >= 4 is 23.1 Å². The molecular weight excluding hydrogens is 250 g/mol. The normalized spacial score (nSPS) is 10.5. The molecule has 0 aliphatic heterocycles. The maximum atomic E-state index is 5.77. The summed E-state index contributed by atoms with van der Waals surface area (Å²) >= 11 is 3.41. The summed E-state index contributed by atoms with van der Waals surface area (Å²) in [4.78, 5) is 4.22. The van der Waals surface area contributed by atoms with Gasteiger partial charge in [-0.25, -0.2) is 4.98 Å². The zero-order valence-corrected chi connectivity index (χ0v) is 11.6. The van der Waals surface area contributed by atoms with Crippen LogP contribution in [0.4, 0.5) is 0 Å². The van der Waals surface area contributed by atoms with Crippen molar-refractivity contribution in [2.24, 2.45) is 0 Å². The van der Waals surface area contributed by atoms with Gasteiger partial charge in [0.2, 0.25) is 0 Å². The van der Waals surface area contributed by atoms with Crippen LogP contribution in [0.3, 0.4) is 0 Å². The molecule has 17 heavy (non-hydrogen) atoms. The Morgan fingerprint density at radius 3 is 3.00 bits per heavy atom.